The highest BCUT2D eigenvalue weighted by Gasteiger charge is 2.15. The SMILES string of the molecule is N#Cc1cc([N+](=O)[O-])cn(Cc2ncc(-c3ccc(Cl)cc3)o2)c1=O. The van der Waals surface area contributed by atoms with Gasteiger partial charge in [0.05, 0.1) is 17.3 Å². The molecule has 0 fully saturated rings. The van der Waals surface area contributed by atoms with Crippen LogP contribution in [0, 0.1) is 21.4 Å². The normalized spacial score (nSPS) is 10.4. The van der Waals surface area contributed by atoms with Crippen LogP contribution in [-0.2, 0) is 6.54 Å². The number of benzene rings is 1. The molecule has 3 rings (SSSR count). The third kappa shape index (κ3) is 3.41. The number of halogens is 1. The fourth-order valence-corrected chi connectivity index (χ4v) is 2.32. The van der Waals surface area contributed by atoms with Gasteiger partial charge >= 0.3 is 0 Å². The van der Waals surface area contributed by atoms with Gasteiger partial charge in [-0.25, -0.2) is 4.98 Å². The average Bonchev–Trinajstić information content (AvgIpc) is 3.05. The van der Waals surface area contributed by atoms with Gasteiger partial charge in [-0.1, -0.05) is 11.6 Å². The first-order chi connectivity index (χ1) is 12.0. The van der Waals surface area contributed by atoms with Gasteiger partial charge in [-0.2, -0.15) is 5.26 Å². The smallest absolute Gasteiger partial charge is 0.287 e. The summed E-state index contributed by atoms with van der Waals surface area (Å²) in [5.41, 5.74) is -0.592. The molecule has 1 aromatic carbocycles. The van der Waals surface area contributed by atoms with Crippen molar-refractivity contribution in [3.8, 4) is 17.4 Å². The molecule has 0 radical (unpaired) electrons. The standard InChI is InChI=1S/C16H9ClN4O4/c17-12-3-1-10(2-4-12)14-7-19-15(25-14)9-20-8-13(21(23)24)5-11(6-18)16(20)22/h1-5,7-8H,9H2. The number of aromatic nitrogens is 2. The summed E-state index contributed by atoms with van der Waals surface area (Å²) in [5, 5.41) is 20.5. The van der Waals surface area contributed by atoms with Crippen LogP contribution in [0.2, 0.25) is 5.02 Å². The molecule has 3 aromatic rings. The van der Waals surface area contributed by atoms with E-state index in [-0.39, 0.29) is 23.7 Å². The Morgan fingerprint density at radius 2 is 2.08 bits per heavy atom. The van der Waals surface area contributed by atoms with E-state index >= 15 is 0 Å². The van der Waals surface area contributed by atoms with Crippen molar-refractivity contribution in [1.29, 1.82) is 5.26 Å². The van der Waals surface area contributed by atoms with Crippen LogP contribution in [0.3, 0.4) is 0 Å². The second-order valence-corrected chi connectivity index (χ2v) is 5.48. The maximum Gasteiger partial charge on any atom is 0.287 e. The monoisotopic (exact) mass is 356 g/mol. The maximum absolute atomic E-state index is 12.1. The lowest BCUT2D eigenvalue weighted by atomic mass is 10.2. The fraction of sp³-hybridized carbons (Fsp3) is 0.0625. The molecule has 9 heteroatoms. The minimum atomic E-state index is -0.675. The van der Waals surface area contributed by atoms with Crippen molar-refractivity contribution >= 4 is 17.3 Å². The van der Waals surface area contributed by atoms with Crippen LogP contribution in [0.1, 0.15) is 11.5 Å². The summed E-state index contributed by atoms with van der Waals surface area (Å²) in [6.07, 6.45) is 2.53. The number of nitrogens with zero attached hydrogens (tertiary/aromatic N) is 4. The van der Waals surface area contributed by atoms with Crippen molar-refractivity contribution in [3.63, 3.8) is 0 Å². The van der Waals surface area contributed by atoms with Crippen LogP contribution >= 0.6 is 11.6 Å². The van der Waals surface area contributed by atoms with Gasteiger partial charge in [-0.15, -0.1) is 0 Å². The molecule has 0 N–H and O–H groups in total. The Balaban J connectivity index is 1.94. The predicted octanol–water partition coefficient (Wildman–Crippen LogP) is 2.98. The Kier molecular flexibility index (Phi) is 4.33. The van der Waals surface area contributed by atoms with Crippen LogP contribution in [0.25, 0.3) is 11.3 Å². The van der Waals surface area contributed by atoms with Crippen molar-refractivity contribution in [2.75, 3.05) is 0 Å². The average molecular weight is 357 g/mol. The lowest BCUT2D eigenvalue weighted by molar-refractivity contribution is -0.385. The first-order valence-electron chi connectivity index (χ1n) is 6.97. The number of rotatable bonds is 4. The summed E-state index contributed by atoms with van der Waals surface area (Å²) >= 11 is 5.83. The summed E-state index contributed by atoms with van der Waals surface area (Å²) in [6, 6.07) is 9.49. The van der Waals surface area contributed by atoms with Crippen molar-refractivity contribution in [2.24, 2.45) is 0 Å². The number of oxazole rings is 1. The van der Waals surface area contributed by atoms with E-state index in [0.717, 1.165) is 22.4 Å². The lowest BCUT2D eigenvalue weighted by Crippen LogP contribution is -2.23. The van der Waals surface area contributed by atoms with Crippen LogP contribution in [-0.4, -0.2) is 14.5 Å². The molecule has 8 nitrogen and oxygen atoms in total. The summed E-state index contributed by atoms with van der Waals surface area (Å²) in [7, 11) is 0. The number of nitriles is 1. The molecule has 0 saturated carbocycles. The van der Waals surface area contributed by atoms with Crippen molar-refractivity contribution in [3.05, 3.63) is 79.7 Å². The second kappa shape index (κ2) is 6.59. The van der Waals surface area contributed by atoms with Crippen LogP contribution < -0.4 is 5.56 Å². The molecular weight excluding hydrogens is 348 g/mol. The van der Waals surface area contributed by atoms with E-state index in [2.05, 4.69) is 4.98 Å². The Morgan fingerprint density at radius 1 is 1.36 bits per heavy atom. The molecule has 2 aromatic heterocycles. The van der Waals surface area contributed by atoms with Gasteiger partial charge in [0.2, 0.25) is 5.89 Å². The number of hydrogen-bond donors (Lipinski definition) is 0. The summed E-state index contributed by atoms with van der Waals surface area (Å²) < 4.78 is 6.60. The predicted molar refractivity (Wildman–Crippen MR) is 88.1 cm³/mol. The fourth-order valence-electron chi connectivity index (χ4n) is 2.19. The van der Waals surface area contributed by atoms with Gasteiger partial charge in [0.15, 0.2) is 5.76 Å². The topological polar surface area (TPSA) is 115 Å². The molecule has 25 heavy (non-hydrogen) atoms. The van der Waals surface area contributed by atoms with E-state index in [0.29, 0.717) is 10.8 Å². The van der Waals surface area contributed by atoms with Crippen molar-refractivity contribution in [1.82, 2.24) is 9.55 Å². The summed E-state index contributed by atoms with van der Waals surface area (Å²) in [6.45, 7) is -0.136. The third-order valence-corrected chi connectivity index (χ3v) is 3.64. The van der Waals surface area contributed by atoms with Gasteiger partial charge in [0, 0.05) is 16.7 Å². The van der Waals surface area contributed by atoms with Gasteiger partial charge in [0.1, 0.15) is 18.2 Å². The molecule has 124 valence electrons. The Bertz CT molecular complexity index is 1050. The van der Waals surface area contributed by atoms with Crippen LogP contribution in [0.5, 0.6) is 0 Å². The summed E-state index contributed by atoms with van der Waals surface area (Å²) in [5.74, 6) is 0.641. The highest BCUT2D eigenvalue weighted by Crippen LogP contribution is 2.22. The molecule has 0 bridgehead atoms. The van der Waals surface area contributed by atoms with E-state index in [1.54, 1.807) is 30.3 Å². The molecular formula is C16H9ClN4O4. The lowest BCUT2D eigenvalue weighted by Gasteiger charge is -2.03. The van der Waals surface area contributed by atoms with Gasteiger partial charge in [-0.3, -0.25) is 19.5 Å². The summed E-state index contributed by atoms with van der Waals surface area (Å²) in [4.78, 5) is 26.5. The van der Waals surface area contributed by atoms with Gasteiger partial charge < -0.3 is 4.42 Å². The van der Waals surface area contributed by atoms with E-state index in [1.807, 2.05) is 0 Å². The first-order valence-corrected chi connectivity index (χ1v) is 7.35. The highest BCUT2D eigenvalue weighted by atomic mass is 35.5. The zero-order valence-corrected chi connectivity index (χ0v) is 13.3. The minimum Gasteiger partial charge on any atom is -0.439 e. The number of nitro groups is 1. The molecule has 0 saturated heterocycles. The largest absolute Gasteiger partial charge is 0.439 e. The molecule has 2 heterocycles. The van der Waals surface area contributed by atoms with Crippen LogP contribution in [0.15, 0.2) is 51.9 Å². The first kappa shape index (κ1) is 16.4. The van der Waals surface area contributed by atoms with E-state index in [1.165, 1.54) is 6.20 Å². The highest BCUT2D eigenvalue weighted by molar-refractivity contribution is 6.30. The van der Waals surface area contributed by atoms with E-state index < -0.39 is 10.5 Å². The Labute approximate surface area is 145 Å². The molecule has 0 spiro atoms. The Hall–Kier alpha value is -3.44. The quantitative estimate of drug-likeness (QED) is 0.524. The minimum absolute atomic E-state index is 0.136. The van der Waals surface area contributed by atoms with Crippen molar-refractivity contribution in [2.45, 2.75) is 6.54 Å². The molecule has 0 aliphatic heterocycles. The number of hydrogen-bond acceptors (Lipinski definition) is 6. The van der Waals surface area contributed by atoms with Gasteiger partial charge in [0.25, 0.3) is 11.2 Å². The molecule has 0 aliphatic rings. The van der Waals surface area contributed by atoms with Crippen LogP contribution in [0.4, 0.5) is 5.69 Å². The van der Waals surface area contributed by atoms with E-state index in [4.69, 9.17) is 21.3 Å². The van der Waals surface area contributed by atoms with E-state index in [9.17, 15) is 14.9 Å². The zero-order chi connectivity index (χ0) is 18.0. The maximum atomic E-state index is 12.1. The molecule has 0 aliphatic carbocycles. The Morgan fingerprint density at radius 3 is 2.72 bits per heavy atom. The molecule has 0 atom stereocenters. The third-order valence-electron chi connectivity index (χ3n) is 3.39. The zero-order valence-electron chi connectivity index (χ0n) is 12.5. The second-order valence-electron chi connectivity index (χ2n) is 5.04. The molecule has 0 amide bonds. The molecule has 0 unspecified atom stereocenters. The van der Waals surface area contributed by atoms with Crippen molar-refractivity contribution < 1.29 is 9.34 Å². The number of pyridine rings is 1. The van der Waals surface area contributed by atoms with Gasteiger partial charge in [-0.05, 0) is 24.3 Å².